The second kappa shape index (κ2) is 9.68. The van der Waals surface area contributed by atoms with E-state index in [-0.39, 0.29) is 34.8 Å². The smallest absolute Gasteiger partial charge is 0.410 e. The molecule has 11 heteroatoms. The first-order valence-corrected chi connectivity index (χ1v) is 12.0. The highest BCUT2D eigenvalue weighted by Gasteiger charge is 2.26. The van der Waals surface area contributed by atoms with Crippen LogP contribution < -0.4 is 9.47 Å². The third-order valence-corrected chi connectivity index (χ3v) is 5.95. The van der Waals surface area contributed by atoms with E-state index in [9.17, 15) is 17.6 Å². The third kappa shape index (κ3) is 5.84. The molecule has 1 fully saturated rings. The standard InChI is InChI=1S/C21H26FN3O6S/c1-13(2)29-21(26)25-9-7-15(8-10-25)30-19-14(3)20(24-12-23-19)31-18-6-5-16(11-17(18)22)32(4,27)28/h5-6,11-13,15H,7-10H2,1-4H3. The first kappa shape index (κ1) is 23.7. The highest BCUT2D eigenvalue weighted by atomic mass is 32.2. The lowest BCUT2D eigenvalue weighted by atomic mass is 10.1. The molecule has 1 amide bonds. The third-order valence-electron chi connectivity index (χ3n) is 4.84. The van der Waals surface area contributed by atoms with Crippen molar-refractivity contribution in [1.82, 2.24) is 14.9 Å². The van der Waals surface area contributed by atoms with Crippen LogP contribution in [0.1, 0.15) is 32.3 Å². The van der Waals surface area contributed by atoms with Gasteiger partial charge in [-0.25, -0.2) is 27.6 Å². The number of aromatic nitrogens is 2. The molecule has 1 aromatic carbocycles. The molecule has 2 heterocycles. The number of halogens is 1. The maximum Gasteiger partial charge on any atom is 0.410 e. The minimum Gasteiger partial charge on any atom is -0.474 e. The van der Waals surface area contributed by atoms with Crippen LogP contribution in [0.25, 0.3) is 0 Å². The number of rotatable bonds is 6. The van der Waals surface area contributed by atoms with E-state index in [4.69, 9.17) is 14.2 Å². The van der Waals surface area contributed by atoms with Crippen molar-refractivity contribution in [2.24, 2.45) is 0 Å². The molecule has 32 heavy (non-hydrogen) atoms. The number of likely N-dealkylation sites (tertiary alicyclic amines) is 1. The molecular weight excluding hydrogens is 441 g/mol. The molecule has 0 atom stereocenters. The monoisotopic (exact) mass is 467 g/mol. The number of hydrogen-bond donors (Lipinski definition) is 0. The van der Waals surface area contributed by atoms with Crippen LogP contribution in [-0.4, -0.2) is 60.9 Å². The second-order valence-electron chi connectivity index (χ2n) is 7.81. The van der Waals surface area contributed by atoms with Gasteiger partial charge in [-0.3, -0.25) is 0 Å². The van der Waals surface area contributed by atoms with E-state index >= 15 is 0 Å². The van der Waals surface area contributed by atoms with Crippen molar-refractivity contribution in [3.63, 3.8) is 0 Å². The Labute approximate surface area is 186 Å². The quantitative estimate of drug-likeness (QED) is 0.635. The fourth-order valence-electron chi connectivity index (χ4n) is 3.13. The molecule has 0 radical (unpaired) electrons. The second-order valence-corrected chi connectivity index (χ2v) is 9.83. The number of sulfone groups is 1. The van der Waals surface area contributed by atoms with Gasteiger partial charge in [-0.15, -0.1) is 0 Å². The van der Waals surface area contributed by atoms with Crippen molar-refractivity contribution in [3.05, 3.63) is 35.9 Å². The van der Waals surface area contributed by atoms with Crippen molar-refractivity contribution >= 4 is 15.9 Å². The Balaban J connectivity index is 1.66. The Morgan fingerprint density at radius 3 is 2.44 bits per heavy atom. The largest absolute Gasteiger partial charge is 0.474 e. The zero-order valence-corrected chi connectivity index (χ0v) is 19.2. The van der Waals surface area contributed by atoms with E-state index in [2.05, 4.69) is 9.97 Å². The number of benzene rings is 1. The van der Waals surface area contributed by atoms with Crippen molar-refractivity contribution in [1.29, 1.82) is 0 Å². The van der Waals surface area contributed by atoms with Gasteiger partial charge in [0, 0.05) is 32.2 Å². The minimum absolute atomic E-state index is 0.0963. The van der Waals surface area contributed by atoms with Crippen molar-refractivity contribution in [2.45, 2.75) is 50.7 Å². The minimum atomic E-state index is -3.54. The first-order chi connectivity index (χ1) is 15.0. The van der Waals surface area contributed by atoms with Gasteiger partial charge in [-0.1, -0.05) is 0 Å². The first-order valence-electron chi connectivity index (χ1n) is 10.2. The van der Waals surface area contributed by atoms with E-state index in [0.29, 0.717) is 37.4 Å². The van der Waals surface area contributed by atoms with Crippen LogP contribution in [-0.2, 0) is 14.6 Å². The number of amides is 1. The fraction of sp³-hybridized carbons (Fsp3) is 0.476. The van der Waals surface area contributed by atoms with E-state index in [1.54, 1.807) is 25.7 Å². The van der Waals surface area contributed by atoms with Crippen LogP contribution >= 0.6 is 0 Å². The van der Waals surface area contributed by atoms with E-state index in [1.165, 1.54) is 18.5 Å². The lowest BCUT2D eigenvalue weighted by Gasteiger charge is -2.31. The Morgan fingerprint density at radius 2 is 1.84 bits per heavy atom. The van der Waals surface area contributed by atoms with Crippen LogP contribution in [0.4, 0.5) is 9.18 Å². The van der Waals surface area contributed by atoms with Gasteiger partial charge < -0.3 is 19.1 Å². The normalized spacial score (nSPS) is 15.0. The average Bonchev–Trinajstić information content (AvgIpc) is 2.71. The predicted molar refractivity (Wildman–Crippen MR) is 113 cm³/mol. The Hall–Kier alpha value is -2.95. The van der Waals surface area contributed by atoms with Gasteiger partial charge in [-0.05, 0) is 39.0 Å². The molecule has 1 aliphatic rings. The molecule has 1 aliphatic heterocycles. The summed E-state index contributed by atoms with van der Waals surface area (Å²) in [5.74, 6) is -0.596. The molecule has 0 unspecified atom stereocenters. The molecule has 0 saturated carbocycles. The zero-order chi connectivity index (χ0) is 23.5. The van der Waals surface area contributed by atoms with Crippen molar-refractivity contribution in [3.8, 4) is 17.5 Å². The molecular formula is C21H26FN3O6S. The van der Waals surface area contributed by atoms with Crippen LogP contribution in [0.3, 0.4) is 0 Å². The lowest BCUT2D eigenvalue weighted by Crippen LogP contribution is -2.42. The molecule has 0 aliphatic carbocycles. The zero-order valence-electron chi connectivity index (χ0n) is 18.4. The Morgan fingerprint density at radius 1 is 1.19 bits per heavy atom. The molecule has 0 N–H and O–H groups in total. The number of piperidine rings is 1. The van der Waals surface area contributed by atoms with Gasteiger partial charge >= 0.3 is 6.09 Å². The molecule has 3 rings (SSSR count). The van der Waals surface area contributed by atoms with Gasteiger partial charge in [0.1, 0.15) is 12.4 Å². The summed E-state index contributed by atoms with van der Waals surface area (Å²) in [6, 6.07) is 3.40. The van der Waals surface area contributed by atoms with Gasteiger partial charge in [-0.2, -0.15) is 0 Å². The molecule has 1 aromatic heterocycles. The van der Waals surface area contributed by atoms with Gasteiger partial charge in [0.2, 0.25) is 11.8 Å². The van der Waals surface area contributed by atoms with Crippen LogP contribution in [0.5, 0.6) is 17.5 Å². The van der Waals surface area contributed by atoms with Crippen LogP contribution in [0, 0.1) is 12.7 Å². The Kier molecular flexibility index (Phi) is 7.17. The molecule has 2 aromatic rings. The van der Waals surface area contributed by atoms with Crippen LogP contribution in [0.15, 0.2) is 29.4 Å². The summed E-state index contributed by atoms with van der Waals surface area (Å²) in [7, 11) is -3.54. The highest BCUT2D eigenvalue weighted by molar-refractivity contribution is 7.90. The summed E-state index contributed by atoms with van der Waals surface area (Å²) in [5.41, 5.74) is 0.473. The predicted octanol–water partition coefficient (Wildman–Crippen LogP) is 3.51. The fourth-order valence-corrected chi connectivity index (χ4v) is 3.76. The number of carbonyl (C=O) groups excluding carboxylic acids is 1. The lowest BCUT2D eigenvalue weighted by molar-refractivity contribution is 0.0505. The molecule has 1 saturated heterocycles. The summed E-state index contributed by atoms with van der Waals surface area (Å²) < 4.78 is 54.2. The number of nitrogens with zero attached hydrogens (tertiary/aromatic N) is 3. The highest BCUT2D eigenvalue weighted by Crippen LogP contribution is 2.31. The van der Waals surface area contributed by atoms with E-state index in [0.717, 1.165) is 12.3 Å². The molecule has 0 bridgehead atoms. The van der Waals surface area contributed by atoms with E-state index in [1.807, 2.05) is 0 Å². The maximum absolute atomic E-state index is 14.3. The summed E-state index contributed by atoms with van der Waals surface area (Å²) >= 11 is 0. The number of hydrogen-bond acceptors (Lipinski definition) is 8. The van der Waals surface area contributed by atoms with Crippen molar-refractivity contribution in [2.75, 3.05) is 19.3 Å². The van der Waals surface area contributed by atoms with Gasteiger partial charge in [0.25, 0.3) is 0 Å². The summed E-state index contributed by atoms with van der Waals surface area (Å²) in [5, 5.41) is 0. The number of ether oxygens (including phenoxy) is 3. The van der Waals surface area contributed by atoms with Gasteiger partial charge in [0.15, 0.2) is 21.4 Å². The molecule has 0 spiro atoms. The summed E-state index contributed by atoms with van der Waals surface area (Å²) in [4.78, 5) is 21.7. The van der Waals surface area contributed by atoms with Gasteiger partial charge in [0.05, 0.1) is 16.6 Å². The number of carbonyl (C=O) groups is 1. The molecule has 174 valence electrons. The molecule has 9 nitrogen and oxygen atoms in total. The van der Waals surface area contributed by atoms with Crippen molar-refractivity contribution < 1.29 is 31.8 Å². The maximum atomic E-state index is 14.3. The Bertz CT molecular complexity index is 1080. The summed E-state index contributed by atoms with van der Waals surface area (Å²) in [6.45, 7) is 6.29. The van der Waals surface area contributed by atoms with E-state index < -0.39 is 15.7 Å². The summed E-state index contributed by atoms with van der Waals surface area (Å²) in [6.07, 6.45) is 2.78. The topological polar surface area (TPSA) is 108 Å². The van der Waals surface area contributed by atoms with Crippen LogP contribution in [0.2, 0.25) is 0 Å². The average molecular weight is 468 g/mol. The SMILES string of the molecule is Cc1c(Oc2ccc(S(C)(=O)=O)cc2F)ncnc1OC1CCN(C(=O)OC(C)C)CC1.